The van der Waals surface area contributed by atoms with Crippen LogP contribution < -0.4 is 5.32 Å². The number of nitrogens with one attached hydrogen (secondary N) is 1. The Morgan fingerprint density at radius 2 is 2.20 bits per heavy atom. The van der Waals surface area contributed by atoms with E-state index >= 15 is 0 Å². The highest BCUT2D eigenvalue weighted by atomic mass is 16.2. The normalized spacial score (nSPS) is 27.6. The van der Waals surface area contributed by atoms with E-state index in [0.717, 1.165) is 18.4 Å². The van der Waals surface area contributed by atoms with Crippen LogP contribution >= 0.6 is 0 Å². The molecule has 0 spiro atoms. The Kier molecular flexibility index (Phi) is 3.59. The summed E-state index contributed by atoms with van der Waals surface area (Å²) in [6.07, 6.45) is 8.57. The van der Waals surface area contributed by atoms with Gasteiger partial charge in [-0.1, -0.05) is 6.42 Å². The minimum atomic E-state index is -0.0251. The number of carbonyl (C=O) groups is 1. The monoisotopic (exact) mass is 274 g/mol. The second-order valence-corrected chi connectivity index (χ2v) is 6.16. The van der Waals surface area contributed by atoms with Gasteiger partial charge in [-0.3, -0.25) is 4.79 Å². The van der Waals surface area contributed by atoms with Gasteiger partial charge in [-0.15, -0.1) is 0 Å². The van der Waals surface area contributed by atoms with Gasteiger partial charge < -0.3 is 10.2 Å². The van der Waals surface area contributed by atoms with Crippen molar-refractivity contribution < 1.29 is 4.79 Å². The maximum atomic E-state index is 12.3. The summed E-state index contributed by atoms with van der Waals surface area (Å²) >= 11 is 0. The lowest BCUT2D eigenvalue weighted by atomic mass is 9.88. The predicted octanol–water partition coefficient (Wildman–Crippen LogP) is 2.03. The lowest BCUT2D eigenvalue weighted by molar-refractivity contribution is 0.0748. The van der Waals surface area contributed by atoms with Crippen LogP contribution in [0.5, 0.6) is 0 Å². The van der Waals surface area contributed by atoms with Crippen molar-refractivity contribution in [2.75, 3.05) is 26.0 Å². The SMILES string of the molecule is CNc1cnc(C(=O)N(C)CC2CC3CCC2C3)cn1. The average molecular weight is 274 g/mol. The Bertz CT molecular complexity index is 487. The molecule has 3 rings (SSSR count). The molecule has 1 heterocycles. The van der Waals surface area contributed by atoms with Crippen molar-refractivity contribution in [3.8, 4) is 0 Å². The zero-order valence-corrected chi connectivity index (χ0v) is 12.2. The van der Waals surface area contributed by atoms with E-state index in [0.29, 0.717) is 17.4 Å². The Labute approximate surface area is 119 Å². The van der Waals surface area contributed by atoms with E-state index in [-0.39, 0.29) is 5.91 Å². The van der Waals surface area contributed by atoms with Gasteiger partial charge in [0.25, 0.3) is 5.91 Å². The Morgan fingerprint density at radius 1 is 1.35 bits per heavy atom. The van der Waals surface area contributed by atoms with Gasteiger partial charge in [-0.2, -0.15) is 0 Å². The van der Waals surface area contributed by atoms with Crippen molar-refractivity contribution in [3.05, 3.63) is 18.1 Å². The lowest BCUT2D eigenvalue weighted by Crippen LogP contribution is -2.34. The van der Waals surface area contributed by atoms with Gasteiger partial charge in [0.1, 0.15) is 11.5 Å². The van der Waals surface area contributed by atoms with Gasteiger partial charge in [-0.05, 0) is 37.0 Å². The van der Waals surface area contributed by atoms with Crippen molar-refractivity contribution >= 4 is 11.7 Å². The third kappa shape index (κ3) is 2.49. The number of nitrogens with zero attached hydrogens (tertiary/aromatic N) is 3. The van der Waals surface area contributed by atoms with Crippen LogP contribution in [0, 0.1) is 17.8 Å². The molecule has 3 unspecified atom stereocenters. The predicted molar refractivity (Wildman–Crippen MR) is 77.5 cm³/mol. The zero-order chi connectivity index (χ0) is 14.1. The van der Waals surface area contributed by atoms with Crippen LogP contribution in [0.25, 0.3) is 0 Å². The number of anilines is 1. The molecule has 0 saturated heterocycles. The number of hydrogen-bond acceptors (Lipinski definition) is 4. The van der Waals surface area contributed by atoms with Crippen molar-refractivity contribution in [3.63, 3.8) is 0 Å². The van der Waals surface area contributed by atoms with Crippen molar-refractivity contribution in [1.29, 1.82) is 0 Å². The van der Waals surface area contributed by atoms with Gasteiger partial charge in [0.05, 0.1) is 12.4 Å². The maximum absolute atomic E-state index is 12.3. The molecular weight excluding hydrogens is 252 g/mol. The zero-order valence-electron chi connectivity index (χ0n) is 12.2. The summed E-state index contributed by atoms with van der Waals surface area (Å²) in [4.78, 5) is 22.5. The summed E-state index contributed by atoms with van der Waals surface area (Å²) in [5, 5.41) is 2.90. The lowest BCUT2D eigenvalue weighted by Gasteiger charge is -2.27. The topological polar surface area (TPSA) is 58.1 Å². The molecule has 5 heteroatoms. The Balaban J connectivity index is 1.61. The molecule has 108 valence electrons. The fraction of sp³-hybridized carbons (Fsp3) is 0.667. The number of carbonyl (C=O) groups excluding carboxylic acids is 1. The third-order valence-electron chi connectivity index (χ3n) is 4.87. The van der Waals surface area contributed by atoms with Crippen molar-refractivity contribution in [2.45, 2.75) is 25.7 Å². The first-order valence-electron chi connectivity index (χ1n) is 7.42. The third-order valence-corrected chi connectivity index (χ3v) is 4.87. The molecule has 2 saturated carbocycles. The maximum Gasteiger partial charge on any atom is 0.273 e. The van der Waals surface area contributed by atoms with Crippen LogP contribution in [0.2, 0.25) is 0 Å². The van der Waals surface area contributed by atoms with Crippen LogP contribution in [0.1, 0.15) is 36.2 Å². The van der Waals surface area contributed by atoms with E-state index in [2.05, 4.69) is 15.3 Å². The minimum absolute atomic E-state index is 0.0251. The second-order valence-electron chi connectivity index (χ2n) is 6.16. The Morgan fingerprint density at radius 3 is 2.75 bits per heavy atom. The standard InChI is InChI=1S/C15H22N4O/c1-16-14-8-17-13(7-18-14)15(20)19(2)9-12-6-10-3-4-11(12)5-10/h7-8,10-12H,3-6,9H2,1-2H3,(H,16,18). The van der Waals surface area contributed by atoms with Crippen LogP contribution in [-0.4, -0.2) is 41.4 Å². The molecule has 0 aromatic carbocycles. The number of amides is 1. The summed E-state index contributed by atoms with van der Waals surface area (Å²) in [5.41, 5.74) is 0.426. The van der Waals surface area contributed by atoms with Crippen LogP contribution in [-0.2, 0) is 0 Å². The number of rotatable bonds is 4. The van der Waals surface area contributed by atoms with Crippen LogP contribution in [0.15, 0.2) is 12.4 Å². The first-order chi connectivity index (χ1) is 9.67. The fourth-order valence-corrected chi connectivity index (χ4v) is 3.80. The molecule has 2 bridgehead atoms. The van der Waals surface area contributed by atoms with E-state index in [1.54, 1.807) is 19.4 Å². The summed E-state index contributed by atoms with van der Waals surface area (Å²) in [6, 6.07) is 0. The molecule has 0 aliphatic heterocycles. The van der Waals surface area contributed by atoms with Gasteiger partial charge in [0, 0.05) is 20.6 Å². The summed E-state index contributed by atoms with van der Waals surface area (Å²) in [5.74, 6) is 3.10. The van der Waals surface area contributed by atoms with E-state index in [4.69, 9.17) is 0 Å². The molecule has 1 amide bonds. The molecule has 3 atom stereocenters. The molecule has 1 aromatic heterocycles. The van der Waals surface area contributed by atoms with E-state index in [9.17, 15) is 4.79 Å². The molecular formula is C15H22N4O. The first kappa shape index (κ1) is 13.3. The number of hydrogen-bond donors (Lipinski definition) is 1. The first-order valence-corrected chi connectivity index (χ1v) is 7.42. The smallest absolute Gasteiger partial charge is 0.273 e. The molecule has 20 heavy (non-hydrogen) atoms. The van der Waals surface area contributed by atoms with Crippen molar-refractivity contribution in [1.82, 2.24) is 14.9 Å². The van der Waals surface area contributed by atoms with E-state index in [1.807, 2.05) is 11.9 Å². The van der Waals surface area contributed by atoms with E-state index in [1.165, 1.54) is 25.7 Å². The number of fused-ring (bicyclic) bond motifs is 2. The summed E-state index contributed by atoms with van der Waals surface area (Å²) in [7, 11) is 3.66. The fourth-order valence-electron chi connectivity index (χ4n) is 3.80. The molecule has 2 aliphatic carbocycles. The number of aromatic nitrogens is 2. The Hall–Kier alpha value is -1.65. The molecule has 2 fully saturated rings. The summed E-state index contributed by atoms with van der Waals surface area (Å²) in [6.45, 7) is 0.857. The second kappa shape index (κ2) is 5.38. The average Bonchev–Trinajstić information content (AvgIpc) is 3.09. The van der Waals surface area contributed by atoms with Gasteiger partial charge in [-0.25, -0.2) is 9.97 Å². The van der Waals surface area contributed by atoms with Gasteiger partial charge >= 0.3 is 0 Å². The largest absolute Gasteiger partial charge is 0.372 e. The quantitative estimate of drug-likeness (QED) is 0.912. The van der Waals surface area contributed by atoms with Crippen LogP contribution in [0.4, 0.5) is 5.82 Å². The molecule has 1 aromatic rings. The highest BCUT2D eigenvalue weighted by Crippen LogP contribution is 2.48. The van der Waals surface area contributed by atoms with E-state index < -0.39 is 0 Å². The highest BCUT2D eigenvalue weighted by Gasteiger charge is 2.40. The van der Waals surface area contributed by atoms with Crippen molar-refractivity contribution in [2.24, 2.45) is 17.8 Å². The molecule has 5 nitrogen and oxygen atoms in total. The highest BCUT2D eigenvalue weighted by molar-refractivity contribution is 5.91. The molecule has 0 radical (unpaired) electrons. The van der Waals surface area contributed by atoms with Gasteiger partial charge in [0.2, 0.25) is 0 Å². The van der Waals surface area contributed by atoms with Crippen LogP contribution in [0.3, 0.4) is 0 Å². The van der Waals surface area contributed by atoms with Gasteiger partial charge in [0.15, 0.2) is 0 Å². The summed E-state index contributed by atoms with van der Waals surface area (Å²) < 4.78 is 0. The molecule has 1 N–H and O–H groups in total. The minimum Gasteiger partial charge on any atom is -0.372 e. The molecule has 2 aliphatic rings.